The van der Waals surface area contributed by atoms with E-state index in [-0.39, 0.29) is 0 Å². The number of hydrogen-bond donors (Lipinski definition) is 0. The lowest BCUT2D eigenvalue weighted by molar-refractivity contribution is 0.328. The molecule has 0 aliphatic rings. The Morgan fingerprint density at radius 1 is 1.12 bits per heavy atom. The van der Waals surface area contributed by atoms with Crippen LogP contribution in [0.3, 0.4) is 0 Å². The van der Waals surface area contributed by atoms with Crippen LogP contribution in [-0.4, -0.2) is 14.9 Å². The summed E-state index contributed by atoms with van der Waals surface area (Å²) in [4.78, 5) is 0. The van der Waals surface area contributed by atoms with Gasteiger partial charge < -0.3 is 4.43 Å². The average molecular weight is 258 g/mol. The van der Waals surface area contributed by atoms with Crippen LogP contribution in [-0.2, 0) is 10.8 Å². The van der Waals surface area contributed by atoms with Crippen molar-refractivity contribution in [3.05, 3.63) is 35.4 Å². The molecule has 4 heteroatoms. The summed E-state index contributed by atoms with van der Waals surface area (Å²) in [5.74, 6) is -0.998. The summed E-state index contributed by atoms with van der Waals surface area (Å²) in [5, 5.41) is 0. The lowest BCUT2D eigenvalue weighted by Gasteiger charge is -2.21. The Morgan fingerprint density at radius 3 is 2.24 bits per heavy atom. The van der Waals surface area contributed by atoms with Gasteiger partial charge in [0.25, 0.3) is 0 Å². The first-order chi connectivity index (χ1) is 7.93. The highest BCUT2D eigenvalue weighted by molar-refractivity contribution is 6.71. The second kappa shape index (κ2) is 6.26. The molecule has 0 heterocycles. The van der Waals surface area contributed by atoms with Crippen molar-refractivity contribution in [1.29, 1.82) is 0 Å². The van der Waals surface area contributed by atoms with Crippen molar-refractivity contribution in [2.24, 2.45) is 0 Å². The zero-order valence-corrected chi connectivity index (χ0v) is 11.7. The van der Waals surface area contributed by atoms with Crippen molar-refractivity contribution in [1.82, 2.24) is 0 Å². The topological polar surface area (TPSA) is 9.23 Å². The molecule has 0 radical (unpaired) electrons. The molecule has 0 aliphatic carbocycles. The molecule has 0 saturated heterocycles. The molecule has 0 unspecified atom stereocenters. The van der Waals surface area contributed by atoms with Crippen LogP contribution < -0.4 is 0 Å². The molecule has 0 bridgehead atoms. The summed E-state index contributed by atoms with van der Waals surface area (Å²) in [6, 6.07) is 4.72. The highest BCUT2D eigenvalue weighted by Crippen LogP contribution is 2.17. The Balaban J connectivity index is 2.45. The lowest BCUT2D eigenvalue weighted by Crippen LogP contribution is -2.30. The first-order valence-corrected chi connectivity index (χ1v) is 9.13. The van der Waals surface area contributed by atoms with Gasteiger partial charge in [0.1, 0.15) is 11.6 Å². The second-order valence-corrected chi connectivity index (χ2v) is 9.13. The van der Waals surface area contributed by atoms with Crippen LogP contribution >= 0.6 is 0 Å². The number of benzene rings is 1. The smallest absolute Gasteiger partial charge is 0.186 e. The van der Waals surface area contributed by atoms with Crippen LogP contribution in [0.4, 0.5) is 8.78 Å². The van der Waals surface area contributed by atoms with Crippen molar-refractivity contribution in [3.8, 4) is 0 Å². The summed E-state index contributed by atoms with van der Waals surface area (Å²) < 4.78 is 31.6. The largest absolute Gasteiger partial charge is 0.418 e. The molecule has 0 atom stereocenters. The number of hydrogen-bond acceptors (Lipinski definition) is 1. The van der Waals surface area contributed by atoms with Crippen molar-refractivity contribution in [3.63, 3.8) is 0 Å². The summed E-state index contributed by atoms with van der Waals surface area (Å²) in [6.45, 7) is 7.08. The van der Waals surface area contributed by atoms with E-state index in [0.29, 0.717) is 6.42 Å². The summed E-state index contributed by atoms with van der Waals surface area (Å²) >= 11 is 0. The third kappa shape index (κ3) is 5.41. The molecule has 0 fully saturated rings. The van der Waals surface area contributed by atoms with E-state index in [1.54, 1.807) is 0 Å². The quantitative estimate of drug-likeness (QED) is 0.697. The molecule has 0 amide bonds. The van der Waals surface area contributed by atoms with E-state index >= 15 is 0 Å². The third-order valence-electron chi connectivity index (χ3n) is 2.70. The minimum absolute atomic E-state index is 0.499. The van der Waals surface area contributed by atoms with Crippen LogP contribution in [0, 0.1) is 11.6 Å². The molecule has 0 spiro atoms. The van der Waals surface area contributed by atoms with E-state index in [2.05, 4.69) is 13.1 Å². The molecule has 17 heavy (non-hydrogen) atoms. The number of halogens is 2. The van der Waals surface area contributed by atoms with Gasteiger partial charge in [0.05, 0.1) is 0 Å². The molecule has 0 aromatic heterocycles. The minimum atomic E-state index is -1.57. The first kappa shape index (κ1) is 14.3. The monoisotopic (exact) mass is 258 g/mol. The Labute approximate surface area is 103 Å². The van der Waals surface area contributed by atoms with Gasteiger partial charge in [-0.3, -0.25) is 0 Å². The van der Waals surface area contributed by atoms with Gasteiger partial charge in [0.2, 0.25) is 0 Å². The molecule has 0 saturated carbocycles. The van der Waals surface area contributed by atoms with E-state index in [1.165, 1.54) is 12.1 Å². The van der Waals surface area contributed by atoms with Crippen LogP contribution in [0.5, 0.6) is 0 Å². The Bertz CT molecular complexity index is 346. The fourth-order valence-electron chi connectivity index (χ4n) is 1.94. The second-order valence-electron chi connectivity index (χ2n) is 4.82. The van der Waals surface area contributed by atoms with Crippen LogP contribution in [0.15, 0.2) is 18.2 Å². The molecule has 1 aromatic carbocycles. The van der Waals surface area contributed by atoms with E-state index in [0.717, 1.165) is 30.7 Å². The summed E-state index contributed by atoms with van der Waals surface area (Å²) in [7, 11) is -1.57. The van der Waals surface area contributed by atoms with Crippen molar-refractivity contribution >= 4 is 8.32 Å². The zero-order chi connectivity index (χ0) is 12.9. The van der Waals surface area contributed by atoms with Gasteiger partial charge >= 0.3 is 0 Å². The van der Waals surface area contributed by atoms with Crippen molar-refractivity contribution in [2.45, 2.75) is 38.9 Å². The maximum atomic E-state index is 13.0. The average Bonchev–Trinajstić information content (AvgIpc) is 2.15. The van der Waals surface area contributed by atoms with Crippen LogP contribution in [0.25, 0.3) is 0 Å². The highest BCUT2D eigenvalue weighted by Gasteiger charge is 2.20. The zero-order valence-electron chi connectivity index (χ0n) is 10.7. The molecule has 1 aromatic rings. The Kier molecular flexibility index (Phi) is 5.27. The third-order valence-corrected chi connectivity index (χ3v) is 5.33. The minimum Gasteiger partial charge on any atom is -0.418 e. The number of aryl methyl sites for hydroxylation is 1. The van der Waals surface area contributed by atoms with Gasteiger partial charge in [0, 0.05) is 12.7 Å². The molecular formula is C13H20F2OSi. The standard InChI is InChI=1S/C13H20F2OSi/c1-4-16-17(2,3)7-5-6-11-8-12(14)10-13(15)9-11/h8-10H,4-7H2,1-3H3. The SMILES string of the molecule is CCO[Si](C)(C)CCCc1cc(F)cc(F)c1. The fourth-order valence-corrected chi connectivity index (χ4v) is 3.89. The molecule has 0 aliphatic heterocycles. The van der Waals surface area contributed by atoms with E-state index < -0.39 is 20.0 Å². The Morgan fingerprint density at radius 2 is 1.71 bits per heavy atom. The summed E-state index contributed by atoms with van der Waals surface area (Å²) in [5.41, 5.74) is 0.726. The van der Waals surface area contributed by atoms with Gasteiger partial charge in [0.15, 0.2) is 8.32 Å². The van der Waals surface area contributed by atoms with Gasteiger partial charge in [-0.15, -0.1) is 0 Å². The van der Waals surface area contributed by atoms with Crippen LogP contribution in [0.2, 0.25) is 19.1 Å². The Hall–Kier alpha value is -0.743. The molecule has 1 nitrogen and oxygen atoms in total. The van der Waals surface area contributed by atoms with Crippen molar-refractivity contribution in [2.75, 3.05) is 6.61 Å². The predicted molar refractivity (Wildman–Crippen MR) is 68.6 cm³/mol. The number of rotatable bonds is 6. The maximum Gasteiger partial charge on any atom is 0.186 e. The van der Waals surface area contributed by atoms with Gasteiger partial charge in [-0.2, -0.15) is 0 Å². The predicted octanol–water partition coefficient (Wildman–Crippen LogP) is 4.14. The van der Waals surface area contributed by atoms with Gasteiger partial charge in [-0.25, -0.2) is 8.78 Å². The van der Waals surface area contributed by atoms with E-state index in [1.807, 2.05) is 6.92 Å². The normalized spacial score (nSPS) is 11.8. The molecule has 96 valence electrons. The molecular weight excluding hydrogens is 238 g/mol. The fraction of sp³-hybridized carbons (Fsp3) is 0.538. The van der Waals surface area contributed by atoms with E-state index in [4.69, 9.17) is 4.43 Å². The van der Waals surface area contributed by atoms with Crippen molar-refractivity contribution < 1.29 is 13.2 Å². The van der Waals surface area contributed by atoms with Crippen LogP contribution in [0.1, 0.15) is 18.9 Å². The molecule has 1 rings (SSSR count). The lowest BCUT2D eigenvalue weighted by atomic mass is 10.1. The first-order valence-electron chi connectivity index (χ1n) is 6.02. The highest BCUT2D eigenvalue weighted by atomic mass is 28.4. The maximum absolute atomic E-state index is 13.0. The van der Waals surface area contributed by atoms with E-state index in [9.17, 15) is 8.78 Å². The van der Waals surface area contributed by atoms with Gasteiger partial charge in [-0.1, -0.05) is 0 Å². The molecule has 0 N–H and O–H groups in total. The van der Waals surface area contributed by atoms with Gasteiger partial charge in [-0.05, 0) is 56.6 Å². The summed E-state index contributed by atoms with van der Waals surface area (Å²) in [6.07, 6.45) is 1.63.